The lowest BCUT2D eigenvalue weighted by Gasteiger charge is -2.36. The summed E-state index contributed by atoms with van der Waals surface area (Å²) in [5, 5.41) is 6.77. The van der Waals surface area contributed by atoms with Crippen LogP contribution >= 0.6 is 0 Å². The highest BCUT2D eigenvalue weighted by atomic mass is 16.5. The monoisotopic (exact) mass is 268 g/mol. The molecule has 0 bridgehead atoms. The molecule has 0 saturated heterocycles. The van der Waals surface area contributed by atoms with Crippen molar-refractivity contribution in [1.29, 1.82) is 0 Å². The van der Waals surface area contributed by atoms with Crippen LogP contribution in [0.25, 0.3) is 10.4 Å². The van der Waals surface area contributed by atoms with Gasteiger partial charge in [0.25, 0.3) is 0 Å². The first-order chi connectivity index (χ1) is 9.12. The zero-order valence-corrected chi connectivity index (χ0v) is 11.9. The zero-order chi connectivity index (χ0) is 14.1. The number of ether oxygens (including phenoxy) is 1. The fraction of sp³-hybridized carbons (Fsp3) is 0.923. The molecule has 1 N–H and O–H groups in total. The zero-order valence-electron chi connectivity index (χ0n) is 11.9. The lowest BCUT2D eigenvalue weighted by atomic mass is 9.76. The molecule has 1 aliphatic rings. The smallest absolute Gasteiger partial charge is 0.326 e. The first kappa shape index (κ1) is 15.8. The topological polar surface area (TPSA) is 87.1 Å². The Morgan fingerprint density at radius 1 is 1.58 bits per heavy atom. The molecule has 6 nitrogen and oxygen atoms in total. The molecule has 0 aromatic carbocycles. The van der Waals surface area contributed by atoms with Crippen LogP contribution < -0.4 is 5.32 Å². The summed E-state index contributed by atoms with van der Waals surface area (Å²) < 4.78 is 5.17. The average molecular weight is 268 g/mol. The van der Waals surface area contributed by atoms with Crippen LogP contribution in [0.1, 0.15) is 46.0 Å². The number of carbonyl (C=O) groups is 1. The van der Waals surface area contributed by atoms with E-state index in [2.05, 4.69) is 15.3 Å². The molecule has 19 heavy (non-hydrogen) atoms. The molecule has 0 spiro atoms. The molecule has 1 fully saturated rings. The molecule has 1 rings (SSSR count). The van der Waals surface area contributed by atoms with Crippen LogP contribution in [-0.2, 0) is 9.53 Å². The summed E-state index contributed by atoms with van der Waals surface area (Å²) in [4.78, 5) is 14.8. The number of nitrogens with zero attached hydrogens (tertiary/aromatic N) is 3. The van der Waals surface area contributed by atoms with Crippen molar-refractivity contribution in [2.45, 2.75) is 51.5 Å². The number of hydrogen-bond donors (Lipinski definition) is 1. The minimum absolute atomic E-state index is 0.175. The first-order valence-corrected chi connectivity index (χ1v) is 7.05. The second kappa shape index (κ2) is 8.02. The summed E-state index contributed by atoms with van der Waals surface area (Å²) in [5.74, 6) is 0.449. The van der Waals surface area contributed by atoms with E-state index in [9.17, 15) is 4.79 Å². The Balaban J connectivity index is 2.46. The highest BCUT2D eigenvalue weighted by molar-refractivity contribution is 5.80. The number of rotatable bonds is 9. The van der Waals surface area contributed by atoms with Crippen LogP contribution in [0.2, 0.25) is 0 Å². The number of hydrogen-bond acceptors (Lipinski definition) is 4. The van der Waals surface area contributed by atoms with Gasteiger partial charge in [-0.25, -0.2) is 0 Å². The Hall–Kier alpha value is -1.26. The predicted octanol–water partition coefficient (Wildman–Crippen LogP) is 2.79. The van der Waals surface area contributed by atoms with E-state index < -0.39 is 5.54 Å². The lowest BCUT2D eigenvalue weighted by molar-refractivity contribution is -0.151. The Labute approximate surface area is 114 Å². The molecule has 108 valence electrons. The van der Waals surface area contributed by atoms with Crippen LogP contribution in [-0.4, -0.2) is 31.2 Å². The van der Waals surface area contributed by atoms with Gasteiger partial charge in [-0.15, -0.1) is 0 Å². The Kier molecular flexibility index (Phi) is 6.67. The van der Waals surface area contributed by atoms with E-state index in [-0.39, 0.29) is 5.97 Å². The molecule has 0 aliphatic heterocycles. The van der Waals surface area contributed by atoms with Gasteiger partial charge in [-0.05, 0) is 44.7 Å². The Morgan fingerprint density at radius 3 is 2.84 bits per heavy atom. The normalized spacial score (nSPS) is 18.0. The molecule has 0 aromatic heterocycles. The maximum atomic E-state index is 12.1. The summed E-state index contributed by atoms with van der Waals surface area (Å²) in [7, 11) is 0. The minimum atomic E-state index is -0.614. The third kappa shape index (κ3) is 5.09. The number of azide groups is 1. The van der Waals surface area contributed by atoms with E-state index in [1.165, 1.54) is 19.3 Å². The molecule has 0 amide bonds. The Morgan fingerprint density at radius 2 is 2.32 bits per heavy atom. The summed E-state index contributed by atoms with van der Waals surface area (Å²) >= 11 is 0. The second-order valence-corrected chi connectivity index (χ2v) is 5.29. The van der Waals surface area contributed by atoms with E-state index in [0.717, 1.165) is 12.8 Å². The maximum absolute atomic E-state index is 12.1. The highest BCUT2D eigenvalue weighted by Gasteiger charge is 2.38. The van der Waals surface area contributed by atoms with Gasteiger partial charge in [0.1, 0.15) is 5.54 Å². The van der Waals surface area contributed by atoms with E-state index in [0.29, 0.717) is 25.6 Å². The van der Waals surface area contributed by atoms with Crippen LogP contribution in [0, 0.1) is 5.92 Å². The third-order valence-corrected chi connectivity index (χ3v) is 3.66. The van der Waals surface area contributed by atoms with Crippen molar-refractivity contribution in [2.75, 3.05) is 19.7 Å². The molecule has 1 atom stereocenters. The van der Waals surface area contributed by atoms with Gasteiger partial charge in [-0.3, -0.25) is 4.79 Å². The Bertz CT molecular complexity index is 338. The van der Waals surface area contributed by atoms with E-state index in [1.807, 2.05) is 13.8 Å². The van der Waals surface area contributed by atoms with Gasteiger partial charge in [0.15, 0.2) is 0 Å². The predicted molar refractivity (Wildman–Crippen MR) is 73.6 cm³/mol. The highest BCUT2D eigenvalue weighted by Crippen LogP contribution is 2.34. The number of carbonyl (C=O) groups excluding carboxylic acids is 1. The molecule has 1 saturated carbocycles. The van der Waals surface area contributed by atoms with Crippen LogP contribution in [0.5, 0.6) is 0 Å². The van der Waals surface area contributed by atoms with E-state index >= 15 is 0 Å². The van der Waals surface area contributed by atoms with Gasteiger partial charge in [-0.2, -0.15) is 0 Å². The first-order valence-electron chi connectivity index (χ1n) is 7.05. The van der Waals surface area contributed by atoms with Gasteiger partial charge in [0.2, 0.25) is 0 Å². The van der Waals surface area contributed by atoms with Crippen molar-refractivity contribution in [3.8, 4) is 0 Å². The fourth-order valence-corrected chi connectivity index (χ4v) is 2.35. The molecule has 0 aromatic rings. The lowest BCUT2D eigenvalue weighted by Crippen LogP contribution is -2.52. The molecular formula is C13H24N4O2. The minimum Gasteiger partial charge on any atom is -0.465 e. The number of nitrogens with one attached hydrogen (secondary N) is 1. The molecule has 6 heteroatoms. The van der Waals surface area contributed by atoms with Crippen molar-refractivity contribution in [2.24, 2.45) is 11.0 Å². The van der Waals surface area contributed by atoms with Crippen molar-refractivity contribution < 1.29 is 9.53 Å². The van der Waals surface area contributed by atoms with Crippen molar-refractivity contribution in [3.05, 3.63) is 10.4 Å². The number of esters is 1. The molecule has 1 aliphatic carbocycles. The van der Waals surface area contributed by atoms with Crippen LogP contribution in [0.4, 0.5) is 0 Å². The largest absolute Gasteiger partial charge is 0.465 e. The van der Waals surface area contributed by atoms with Crippen LogP contribution in [0.3, 0.4) is 0 Å². The van der Waals surface area contributed by atoms with E-state index in [4.69, 9.17) is 10.3 Å². The van der Waals surface area contributed by atoms with Crippen molar-refractivity contribution >= 4 is 5.97 Å². The molecule has 1 unspecified atom stereocenters. The maximum Gasteiger partial charge on any atom is 0.326 e. The van der Waals surface area contributed by atoms with E-state index in [1.54, 1.807) is 0 Å². The quantitative estimate of drug-likeness (QED) is 0.229. The van der Waals surface area contributed by atoms with Gasteiger partial charge >= 0.3 is 5.97 Å². The van der Waals surface area contributed by atoms with Gasteiger partial charge in [0.05, 0.1) is 6.61 Å². The molecular weight excluding hydrogens is 244 g/mol. The van der Waals surface area contributed by atoms with Crippen LogP contribution in [0.15, 0.2) is 5.11 Å². The fourth-order valence-electron chi connectivity index (χ4n) is 2.35. The SMILES string of the molecule is CCOC(=O)C(C)(CC1CCC1)NCCCN=[N+]=[N-]. The summed E-state index contributed by atoms with van der Waals surface area (Å²) in [6.07, 6.45) is 5.22. The second-order valence-electron chi connectivity index (χ2n) is 5.29. The summed E-state index contributed by atoms with van der Waals surface area (Å²) in [5.41, 5.74) is 7.59. The molecule has 0 heterocycles. The summed E-state index contributed by atoms with van der Waals surface area (Å²) in [6.45, 7) is 5.24. The standard InChI is InChI=1S/C13H24N4O2/c1-3-19-12(18)13(2,10-11-6-4-7-11)15-8-5-9-16-17-14/h11,15H,3-10H2,1-2H3. The van der Waals surface area contributed by atoms with Gasteiger partial charge < -0.3 is 10.1 Å². The molecule has 0 radical (unpaired) electrons. The average Bonchev–Trinajstić information content (AvgIpc) is 2.34. The van der Waals surface area contributed by atoms with Gasteiger partial charge in [0, 0.05) is 11.5 Å². The van der Waals surface area contributed by atoms with Gasteiger partial charge in [-0.1, -0.05) is 24.4 Å². The van der Waals surface area contributed by atoms with Crippen molar-refractivity contribution in [3.63, 3.8) is 0 Å². The van der Waals surface area contributed by atoms with Crippen molar-refractivity contribution in [1.82, 2.24) is 5.32 Å². The summed E-state index contributed by atoms with van der Waals surface area (Å²) in [6, 6.07) is 0. The third-order valence-electron chi connectivity index (χ3n) is 3.66.